The number of anilines is 2. The fourth-order valence-corrected chi connectivity index (χ4v) is 4.90. The summed E-state index contributed by atoms with van der Waals surface area (Å²) in [5.74, 6) is -0.812. The number of amides is 1. The number of aliphatic hydroxyl groups excluding tert-OH is 2. The Bertz CT molecular complexity index is 785. The van der Waals surface area contributed by atoms with E-state index < -0.39 is 18.3 Å². The van der Waals surface area contributed by atoms with Crippen molar-refractivity contribution in [2.24, 2.45) is 5.92 Å². The number of nitrogens with one attached hydrogen (secondary N) is 1. The Morgan fingerprint density at radius 1 is 1.04 bits per heavy atom. The molecule has 28 heavy (non-hydrogen) atoms. The van der Waals surface area contributed by atoms with Crippen LogP contribution in [0.5, 0.6) is 0 Å². The molecular formula is C21H26ClFN2O3. The van der Waals surface area contributed by atoms with E-state index in [1.807, 2.05) is 0 Å². The van der Waals surface area contributed by atoms with Crippen molar-refractivity contribution in [2.45, 2.75) is 70.2 Å². The van der Waals surface area contributed by atoms with Crippen LogP contribution in [0.2, 0.25) is 5.02 Å². The lowest BCUT2D eigenvalue weighted by molar-refractivity contribution is -0.120. The van der Waals surface area contributed by atoms with Crippen LogP contribution in [-0.4, -0.2) is 28.6 Å². The van der Waals surface area contributed by atoms with Gasteiger partial charge in [0.25, 0.3) is 0 Å². The largest absolute Gasteiger partial charge is 0.369 e. The summed E-state index contributed by atoms with van der Waals surface area (Å²) in [4.78, 5) is 13.9. The van der Waals surface area contributed by atoms with Gasteiger partial charge in [-0.05, 0) is 61.8 Å². The van der Waals surface area contributed by atoms with Gasteiger partial charge in [0.15, 0.2) is 12.5 Å². The van der Waals surface area contributed by atoms with E-state index in [0.717, 1.165) is 62.2 Å². The number of carbonyl (C=O) groups is 1. The molecule has 1 aromatic carbocycles. The summed E-state index contributed by atoms with van der Waals surface area (Å²) in [6.07, 6.45) is 6.06. The standard InChI is InChI=1S/C21H26ClFN2O3/c22-15-10-16(23)18(11-17(15)24-19(26)12-6-2-1-3-7-12)25-20(27)13-8-4-5-9-14(13)21(25)28/h10-12,20-21,27-28H,1-9H2,(H,24,26). The van der Waals surface area contributed by atoms with Crippen LogP contribution < -0.4 is 10.2 Å². The number of aliphatic hydroxyl groups is 2. The molecule has 152 valence electrons. The second-order valence-corrected chi connectivity index (χ2v) is 8.43. The van der Waals surface area contributed by atoms with Gasteiger partial charge in [0, 0.05) is 5.92 Å². The van der Waals surface area contributed by atoms with E-state index in [1.54, 1.807) is 0 Å². The fourth-order valence-electron chi connectivity index (χ4n) is 4.71. The predicted molar refractivity (Wildman–Crippen MR) is 107 cm³/mol. The van der Waals surface area contributed by atoms with Crippen LogP contribution in [0, 0.1) is 11.7 Å². The first-order chi connectivity index (χ1) is 13.5. The van der Waals surface area contributed by atoms with E-state index in [0.29, 0.717) is 18.5 Å². The monoisotopic (exact) mass is 408 g/mol. The first kappa shape index (κ1) is 19.7. The first-order valence-electron chi connectivity index (χ1n) is 10.1. The van der Waals surface area contributed by atoms with Crippen LogP contribution in [0.15, 0.2) is 23.3 Å². The van der Waals surface area contributed by atoms with Crippen LogP contribution in [0.1, 0.15) is 57.8 Å². The van der Waals surface area contributed by atoms with Crippen molar-refractivity contribution in [1.29, 1.82) is 0 Å². The molecule has 2 aliphatic carbocycles. The summed E-state index contributed by atoms with van der Waals surface area (Å²) in [6.45, 7) is 0. The maximum absolute atomic E-state index is 14.7. The minimum Gasteiger partial charge on any atom is -0.369 e. The molecule has 2 unspecified atom stereocenters. The Morgan fingerprint density at radius 3 is 2.25 bits per heavy atom. The van der Waals surface area contributed by atoms with Gasteiger partial charge in [-0.3, -0.25) is 4.79 Å². The van der Waals surface area contributed by atoms with Gasteiger partial charge in [0.05, 0.1) is 16.4 Å². The molecule has 0 bridgehead atoms. The highest BCUT2D eigenvalue weighted by molar-refractivity contribution is 6.33. The van der Waals surface area contributed by atoms with Crippen molar-refractivity contribution in [3.05, 3.63) is 34.1 Å². The van der Waals surface area contributed by atoms with Crippen molar-refractivity contribution >= 4 is 28.9 Å². The van der Waals surface area contributed by atoms with Crippen molar-refractivity contribution in [1.82, 2.24) is 0 Å². The minimum atomic E-state index is -1.07. The minimum absolute atomic E-state index is 0.0396. The molecule has 5 nitrogen and oxygen atoms in total. The zero-order valence-electron chi connectivity index (χ0n) is 15.8. The summed E-state index contributed by atoms with van der Waals surface area (Å²) in [5.41, 5.74) is 1.90. The third-order valence-electron chi connectivity index (χ3n) is 6.25. The molecular weight excluding hydrogens is 383 g/mol. The Hall–Kier alpha value is -1.63. The maximum Gasteiger partial charge on any atom is 0.227 e. The molecule has 4 rings (SSSR count). The zero-order valence-corrected chi connectivity index (χ0v) is 16.5. The second-order valence-electron chi connectivity index (χ2n) is 8.02. The molecule has 1 heterocycles. The van der Waals surface area contributed by atoms with Crippen LogP contribution >= 0.6 is 11.6 Å². The Morgan fingerprint density at radius 2 is 1.64 bits per heavy atom. The predicted octanol–water partition coefficient (Wildman–Crippen LogP) is 4.33. The van der Waals surface area contributed by atoms with Gasteiger partial charge < -0.3 is 20.4 Å². The van der Waals surface area contributed by atoms with Gasteiger partial charge in [-0.15, -0.1) is 0 Å². The van der Waals surface area contributed by atoms with Crippen molar-refractivity contribution < 1.29 is 19.4 Å². The Labute approximate surface area is 169 Å². The first-order valence-corrected chi connectivity index (χ1v) is 10.5. The number of carbonyl (C=O) groups excluding carboxylic acids is 1. The van der Waals surface area contributed by atoms with E-state index in [2.05, 4.69) is 5.32 Å². The molecule has 3 aliphatic rings. The van der Waals surface area contributed by atoms with E-state index in [-0.39, 0.29) is 22.5 Å². The Balaban J connectivity index is 1.60. The van der Waals surface area contributed by atoms with Crippen molar-refractivity contribution in [2.75, 3.05) is 10.2 Å². The summed E-state index contributed by atoms with van der Waals surface area (Å²) in [5, 5.41) is 24.3. The molecule has 1 amide bonds. The average Bonchev–Trinajstić information content (AvgIpc) is 2.96. The quantitative estimate of drug-likeness (QED) is 0.651. The van der Waals surface area contributed by atoms with E-state index in [4.69, 9.17) is 11.6 Å². The summed E-state index contributed by atoms with van der Waals surface area (Å²) < 4.78 is 14.7. The number of benzene rings is 1. The van der Waals surface area contributed by atoms with Crippen LogP contribution in [-0.2, 0) is 4.79 Å². The van der Waals surface area contributed by atoms with Gasteiger partial charge in [-0.1, -0.05) is 30.9 Å². The lowest BCUT2D eigenvalue weighted by Crippen LogP contribution is -2.39. The topological polar surface area (TPSA) is 72.8 Å². The maximum atomic E-state index is 14.7. The van der Waals surface area contributed by atoms with E-state index in [9.17, 15) is 19.4 Å². The van der Waals surface area contributed by atoms with Crippen LogP contribution in [0.3, 0.4) is 0 Å². The highest BCUT2D eigenvalue weighted by Gasteiger charge is 2.40. The van der Waals surface area contributed by atoms with Gasteiger partial charge in [-0.2, -0.15) is 0 Å². The van der Waals surface area contributed by atoms with Gasteiger partial charge in [0.1, 0.15) is 5.82 Å². The van der Waals surface area contributed by atoms with Gasteiger partial charge >= 0.3 is 0 Å². The Kier molecular flexibility index (Phi) is 5.63. The van der Waals surface area contributed by atoms with E-state index >= 15 is 0 Å². The average molecular weight is 409 g/mol. The highest BCUT2D eigenvalue weighted by Crippen LogP contribution is 2.42. The zero-order chi connectivity index (χ0) is 19.8. The number of rotatable bonds is 3. The molecule has 3 N–H and O–H groups in total. The molecule has 2 atom stereocenters. The molecule has 0 spiro atoms. The number of nitrogens with zero attached hydrogens (tertiary/aromatic N) is 1. The molecule has 1 aliphatic heterocycles. The SMILES string of the molecule is O=C(Nc1cc(N2C(O)C3=C(CCCC3)C2O)c(F)cc1Cl)C1CCCCC1. The van der Waals surface area contributed by atoms with Crippen molar-refractivity contribution in [3.8, 4) is 0 Å². The normalized spacial score (nSPS) is 25.8. The molecule has 1 fully saturated rings. The summed E-state index contributed by atoms with van der Waals surface area (Å²) in [6, 6.07) is 2.55. The summed E-state index contributed by atoms with van der Waals surface area (Å²) >= 11 is 6.18. The highest BCUT2D eigenvalue weighted by atomic mass is 35.5. The number of hydrogen-bond donors (Lipinski definition) is 3. The molecule has 7 heteroatoms. The smallest absolute Gasteiger partial charge is 0.227 e. The second kappa shape index (κ2) is 8.01. The van der Waals surface area contributed by atoms with Gasteiger partial charge in [0.2, 0.25) is 5.91 Å². The molecule has 1 aromatic rings. The van der Waals surface area contributed by atoms with Crippen LogP contribution in [0.4, 0.5) is 15.8 Å². The van der Waals surface area contributed by atoms with Crippen molar-refractivity contribution in [3.63, 3.8) is 0 Å². The van der Waals surface area contributed by atoms with Crippen LogP contribution in [0.25, 0.3) is 0 Å². The lowest BCUT2D eigenvalue weighted by atomic mass is 9.88. The molecule has 0 aromatic heterocycles. The third-order valence-corrected chi connectivity index (χ3v) is 6.57. The van der Waals surface area contributed by atoms with E-state index in [1.165, 1.54) is 11.0 Å². The number of hydrogen-bond acceptors (Lipinski definition) is 4. The lowest BCUT2D eigenvalue weighted by Gasteiger charge is -2.29. The molecule has 0 radical (unpaired) electrons. The molecule has 0 saturated heterocycles. The number of halogens is 2. The molecule has 1 saturated carbocycles. The van der Waals surface area contributed by atoms with Gasteiger partial charge in [-0.25, -0.2) is 4.39 Å². The summed E-state index contributed by atoms with van der Waals surface area (Å²) in [7, 11) is 0. The fraction of sp³-hybridized carbons (Fsp3) is 0.571. The third kappa shape index (κ3) is 3.53.